The van der Waals surface area contributed by atoms with E-state index in [1.54, 1.807) is 0 Å². The van der Waals surface area contributed by atoms with E-state index in [2.05, 4.69) is 161 Å². The minimum absolute atomic E-state index is 0.678. The SMILES string of the molecule is N#Cc1ccc2ccc3cc(-n4c5ccccc5c5cc(-c6cccc7c8ccccc8n(-c8ccccc8)c67)ccc54)ccc3c2c1. The second kappa shape index (κ2) is 10.2. The van der Waals surface area contributed by atoms with E-state index in [0.717, 1.165) is 32.9 Å². The van der Waals surface area contributed by atoms with Crippen LogP contribution in [-0.4, -0.2) is 9.13 Å². The van der Waals surface area contributed by atoms with Gasteiger partial charge in [-0.1, -0.05) is 103 Å². The molecule has 10 rings (SSSR count). The first-order chi connectivity index (χ1) is 23.8. The molecule has 0 aliphatic rings. The van der Waals surface area contributed by atoms with Gasteiger partial charge < -0.3 is 9.13 Å². The van der Waals surface area contributed by atoms with Crippen LogP contribution in [0.5, 0.6) is 0 Å². The molecule has 8 aromatic carbocycles. The maximum absolute atomic E-state index is 9.53. The first-order valence-electron chi connectivity index (χ1n) is 16.2. The third-order valence-electron chi connectivity index (χ3n) is 9.90. The summed E-state index contributed by atoms with van der Waals surface area (Å²) < 4.78 is 4.79. The summed E-state index contributed by atoms with van der Waals surface area (Å²) in [6.45, 7) is 0. The predicted octanol–water partition coefficient (Wildman–Crippen LogP) is 11.7. The van der Waals surface area contributed by atoms with Gasteiger partial charge >= 0.3 is 0 Å². The topological polar surface area (TPSA) is 33.6 Å². The van der Waals surface area contributed by atoms with Crippen LogP contribution >= 0.6 is 0 Å². The molecule has 0 saturated carbocycles. The fourth-order valence-corrected chi connectivity index (χ4v) is 7.77. The number of aromatic nitrogens is 2. The Kier molecular flexibility index (Phi) is 5.64. The highest BCUT2D eigenvalue weighted by atomic mass is 15.0. The number of para-hydroxylation sites is 4. The van der Waals surface area contributed by atoms with Crippen LogP contribution in [0.3, 0.4) is 0 Å². The molecule has 0 atom stereocenters. The maximum atomic E-state index is 9.53. The molecule has 0 bridgehead atoms. The number of nitrogens with zero attached hydrogens (tertiary/aromatic N) is 3. The van der Waals surface area contributed by atoms with Crippen molar-refractivity contribution in [3.8, 4) is 28.6 Å². The van der Waals surface area contributed by atoms with Gasteiger partial charge in [0.2, 0.25) is 0 Å². The number of rotatable bonds is 3. The van der Waals surface area contributed by atoms with Crippen molar-refractivity contribution in [2.45, 2.75) is 0 Å². The van der Waals surface area contributed by atoms with Gasteiger partial charge in [-0.15, -0.1) is 0 Å². The molecule has 0 aliphatic carbocycles. The maximum Gasteiger partial charge on any atom is 0.0991 e. The lowest BCUT2D eigenvalue weighted by molar-refractivity contribution is 1.18. The molecule has 3 heteroatoms. The van der Waals surface area contributed by atoms with Gasteiger partial charge in [0.1, 0.15) is 0 Å². The Balaban J connectivity index is 1.21. The smallest absolute Gasteiger partial charge is 0.0991 e. The van der Waals surface area contributed by atoms with Crippen LogP contribution in [-0.2, 0) is 0 Å². The highest BCUT2D eigenvalue weighted by Gasteiger charge is 2.18. The van der Waals surface area contributed by atoms with Crippen molar-refractivity contribution in [3.63, 3.8) is 0 Å². The van der Waals surface area contributed by atoms with Crippen molar-refractivity contribution >= 4 is 65.2 Å². The molecule has 0 N–H and O–H groups in total. The van der Waals surface area contributed by atoms with Gasteiger partial charge in [0.25, 0.3) is 0 Å². The van der Waals surface area contributed by atoms with Crippen LogP contribution in [0.1, 0.15) is 5.56 Å². The standard InChI is InChI=1S/C45H27N3/c46-28-29-17-18-30-19-20-31-26-34(22-23-35(31)40(30)25-29)47-42-15-6-5-12-38(42)41-27-32(21-24-44(41)47)36-13-8-14-39-37-11-4-7-16-43(37)48(45(36)39)33-9-2-1-3-10-33/h1-27H. The fraction of sp³-hybridized carbons (Fsp3) is 0. The molecule has 10 aromatic rings. The molecule has 0 saturated heterocycles. The summed E-state index contributed by atoms with van der Waals surface area (Å²) in [5.74, 6) is 0. The van der Waals surface area contributed by atoms with Gasteiger partial charge in [-0.3, -0.25) is 0 Å². The molecule has 0 unspecified atom stereocenters. The Morgan fingerprint density at radius 2 is 1.08 bits per heavy atom. The summed E-state index contributed by atoms with van der Waals surface area (Å²) in [6.07, 6.45) is 0. The predicted molar refractivity (Wildman–Crippen MR) is 200 cm³/mol. The normalized spacial score (nSPS) is 11.7. The molecule has 3 nitrogen and oxygen atoms in total. The monoisotopic (exact) mass is 609 g/mol. The van der Waals surface area contributed by atoms with Crippen LogP contribution in [0.4, 0.5) is 0 Å². The highest BCUT2D eigenvalue weighted by molar-refractivity contribution is 6.16. The van der Waals surface area contributed by atoms with Crippen LogP contribution in [0.2, 0.25) is 0 Å². The second-order valence-corrected chi connectivity index (χ2v) is 12.5. The van der Waals surface area contributed by atoms with Gasteiger partial charge in [0.05, 0.1) is 33.7 Å². The first kappa shape index (κ1) is 26.6. The Morgan fingerprint density at radius 3 is 1.92 bits per heavy atom. The number of hydrogen-bond donors (Lipinski definition) is 0. The van der Waals surface area contributed by atoms with E-state index < -0.39 is 0 Å². The lowest BCUT2D eigenvalue weighted by Crippen LogP contribution is -1.95. The van der Waals surface area contributed by atoms with Crippen LogP contribution in [0, 0.1) is 11.3 Å². The van der Waals surface area contributed by atoms with Gasteiger partial charge in [-0.2, -0.15) is 5.26 Å². The van der Waals surface area contributed by atoms with Crippen molar-refractivity contribution in [2.75, 3.05) is 0 Å². The largest absolute Gasteiger partial charge is 0.309 e. The van der Waals surface area contributed by atoms with E-state index in [4.69, 9.17) is 0 Å². The number of benzene rings is 8. The van der Waals surface area contributed by atoms with Crippen molar-refractivity contribution < 1.29 is 0 Å². The van der Waals surface area contributed by atoms with Crippen LogP contribution < -0.4 is 0 Å². The Bertz CT molecular complexity index is 2950. The lowest BCUT2D eigenvalue weighted by Gasteiger charge is -2.13. The lowest BCUT2D eigenvalue weighted by atomic mass is 9.99. The summed E-state index contributed by atoms with van der Waals surface area (Å²) in [7, 11) is 0. The Hall–Kier alpha value is -6.63. The van der Waals surface area contributed by atoms with Crippen molar-refractivity contribution in [3.05, 3.63) is 169 Å². The molecular weight excluding hydrogens is 583 g/mol. The van der Waals surface area contributed by atoms with Gasteiger partial charge in [-0.25, -0.2) is 0 Å². The molecule has 0 fully saturated rings. The number of hydrogen-bond acceptors (Lipinski definition) is 1. The van der Waals surface area contributed by atoms with E-state index in [9.17, 15) is 5.26 Å². The van der Waals surface area contributed by atoms with Crippen LogP contribution in [0.15, 0.2) is 164 Å². The Labute approximate surface area is 276 Å². The minimum atomic E-state index is 0.678. The zero-order valence-electron chi connectivity index (χ0n) is 25.9. The minimum Gasteiger partial charge on any atom is -0.309 e. The summed E-state index contributed by atoms with van der Waals surface area (Å²) >= 11 is 0. The first-order valence-corrected chi connectivity index (χ1v) is 16.2. The highest BCUT2D eigenvalue weighted by Crippen LogP contribution is 2.41. The van der Waals surface area contributed by atoms with E-state index in [-0.39, 0.29) is 0 Å². The van der Waals surface area contributed by atoms with E-state index in [1.165, 1.54) is 54.7 Å². The summed E-state index contributed by atoms with van der Waals surface area (Å²) in [4.78, 5) is 0. The molecule has 48 heavy (non-hydrogen) atoms. The van der Waals surface area contributed by atoms with Crippen molar-refractivity contribution in [1.82, 2.24) is 9.13 Å². The van der Waals surface area contributed by atoms with Gasteiger partial charge in [-0.05, 0) is 87.8 Å². The summed E-state index contributed by atoms with van der Waals surface area (Å²) in [6, 6.07) is 60.9. The third kappa shape index (κ3) is 3.81. The molecule has 0 aliphatic heterocycles. The second-order valence-electron chi connectivity index (χ2n) is 12.5. The molecule has 2 aromatic heterocycles. The average Bonchev–Trinajstić information content (AvgIpc) is 3.67. The van der Waals surface area contributed by atoms with Gasteiger partial charge in [0, 0.05) is 38.5 Å². The molecule has 0 amide bonds. The van der Waals surface area contributed by atoms with Gasteiger partial charge in [0.15, 0.2) is 0 Å². The van der Waals surface area contributed by atoms with Crippen molar-refractivity contribution in [1.29, 1.82) is 5.26 Å². The molecule has 0 radical (unpaired) electrons. The number of fused-ring (bicyclic) bond motifs is 9. The zero-order chi connectivity index (χ0) is 31.8. The summed E-state index contributed by atoms with van der Waals surface area (Å²) in [5, 5.41) is 19.0. The number of nitriles is 1. The molecule has 0 spiro atoms. The van der Waals surface area contributed by atoms with E-state index in [1.807, 2.05) is 18.2 Å². The molecule has 222 valence electrons. The van der Waals surface area contributed by atoms with E-state index >= 15 is 0 Å². The quantitative estimate of drug-likeness (QED) is 0.183. The zero-order valence-corrected chi connectivity index (χ0v) is 25.9. The van der Waals surface area contributed by atoms with Crippen molar-refractivity contribution in [2.24, 2.45) is 0 Å². The molecular formula is C45H27N3. The van der Waals surface area contributed by atoms with E-state index in [0.29, 0.717) is 5.56 Å². The van der Waals surface area contributed by atoms with Crippen LogP contribution in [0.25, 0.3) is 87.7 Å². The third-order valence-corrected chi connectivity index (χ3v) is 9.90. The average molecular weight is 610 g/mol. The molecule has 2 heterocycles. The Morgan fingerprint density at radius 1 is 0.396 bits per heavy atom. The summed E-state index contributed by atoms with van der Waals surface area (Å²) in [5.41, 5.74) is 10.1. The fourth-order valence-electron chi connectivity index (χ4n) is 7.77.